The summed E-state index contributed by atoms with van der Waals surface area (Å²) >= 11 is 1.72. The average Bonchev–Trinajstić information content (AvgIpc) is 3.31. The second-order valence-corrected chi connectivity index (χ2v) is 6.77. The smallest absolute Gasteiger partial charge is 0.214 e. The van der Waals surface area contributed by atoms with Crippen LogP contribution in [0.4, 0.5) is 0 Å². The van der Waals surface area contributed by atoms with Gasteiger partial charge >= 0.3 is 0 Å². The summed E-state index contributed by atoms with van der Waals surface area (Å²) in [6.07, 6.45) is 1.76. The maximum atomic E-state index is 5.83. The van der Waals surface area contributed by atoms with E-state index in [-0.39, 0.29) is 6.04 Å². The van der Waals surface area contributed by atoms with E-state index in [0.29, 0.717) is 12.4 Å². The average molecular weight is 354 g/mol. The predicted molar refractivity (Wildman–Crippen MR) is 103 cm³/mol. The molecule has 0 saturated carbocycles. The van der Waals surface area contributed by atoms with Crippen LogP contribution in [0.5, 0.6) is 0 Å². The Kier molecular flexibility index (Phi) is 5.50. The minimum Gasteiger partial charge on any atom is -0.439 e. The minimum absolute atomic E-state index is 0.193. The molecule has 3 rings (SSSR count). The van der Waals surface area contributed by atoms with Gasteiger partial charge in [0.15, 0.2) is 11.7 Å². The van der Waals surface area contributed by atoms with E-state index in [1.165, 1.54) is 10.4 Å². The number of oxazole rings is 1. The van der Waals surface area contributed by atoms with Crippen LogP contribution in [0.3, 0.4) is 0 Å². The van der Waals surface area contributed by atoms with Gasteiger partial charge in [-0.15, -0.1) is 11.3 Å². The predicted octanol–water partition coefficient (Wildman–Crippen LogP) is 4.14. The molecule has 0 amide bonds. The van der Waals surface area contributed by atoms with Crippen LogP contribution in [-0.2, 0) is 6.54 Å². The molecule has 0 spiro atoms. The zero-order chi connectivity index (χ0) is 17.6. The van der Waals surface area contributed by atoms with E-state index >= 15 is 0 Å². The number of guanidine groups is 1. The molecule has 0 fully saturated rings. The van der Waals surface area contributed by atoms with Crippen molar-refractivity contribution < 1.29 is 4.42 Å². The van der Waals surface area contributed by atoms with Crippen molar-refractivity contribution in [2.24, 2.45) is 4.99 Å². The lowest BCUT2D eigenvalue weighted by Crippen LogP contribution is -2.38. The highest BCUT2D eigenvalue weighted by Crippen LogP contribution is 2.21. The molecule has 3 aromatic rings. The Labute approximate surface area is 151 Å². The number of aliphatic imine (C=N–C) groups is 1. The van der Waals surface area contributed by atoms with Gasteiger partial charge in [0, 0.05) is 17.5 Å². The lowest BCUT2D eigenvalue weighted by molar-refractivity contribution is 0.496. The van der Waals surface area contributed by atoms with Gasteiger partial charge in [-0.25, -0.2) is 4.98 Å². The van der Waals surface area contributed by atoms with E-state index in [2.05, 4.69) is 58.0 Å². The largest absolute Gasteiger partial charge is 0.439 e. The van der Waals surface area contributed by atoms with Gasteiger partial charge in [-0.1, -0.05) is 35.9 Å². The number of aromatic nitrogens is 1. The van der Waals surface area contributed by atoms with Crippen molar-refractivity contribution >= 4 is 17.3 Å². The third kappa shape index (κ3) is 4.48. The van der Waals surface area contributed by atoms with Crippen molar-refractivity contribution in [3.63, 3.8) is 0 Å². The zero-order valence-electron chi connectivity index (χ0n) is 14.6. The summed E-state index contributed by atoms with van der Waals surface area (Å²) in [5.41, 5.74) is 2.25. The summed E-state index contributed by atoms with van der Waals surface area (Å²) in [5.74, 6) is 2.12. The normalized spacial score (nSPS) is 12.8. The van der Waals surface area contributed by atoms with Gasteiger partial charge < -0.3 is 15.1 Å². The minimum atomic E-state index is 0.193. The number of thiophene rings is 1. The van der Waals surface area contributed by atoms with Crippen LogP contribution in [0.25, 0.3) is 11.3 Å². The van der Waals surface area contributed by atoms with Crippen LogP contribution < -0.4 is 10.6 Å². The second-order valence-electron chi connectivity index (χ2n) is 5.79. The van der Waals surface area contributed by atoms with E-state index in [0.717, 1.165) is 17.3 Å². The molecular formula is C19H22N4OS. The Hall–Kier alpha value is -2.60. The molecule has 1 atom stereocenters. The molecule has 1 aromatic carbocycles. The first-order valence-corrected chi connectivity index (χ1v) is 9.06. The Bertz CT molecular complexity index is 821. The van der Waals surface area contributed by atoms with Crippen molar-refractivity contribution in [2.45, 2.75) is 26.4 Å². The molecule has 0 aliphatic carbocycles. The van der Waals surface area contributed by atoms with Crippen molar-refractivity contribution in [1.29, 1.82) is 0 Å². The maximum Gasteiger partial charge on any atom is 0.214 e. The summed E-state index contributed by atoms with van der Waals surface area (Å²) in [7, 11) is 1.75. The van der Waals surface area contributed by atoms with Gasteiger partial charge in [-0.2, -0.15) is 0 Å². The highest BCUT2D eigenvalue weighted by Gasteiger charge is 2.10. The highest BCUT2D eigenvalue weighted by atomic mass is 32.1. The molecule has 25 heavy (non-hydrogen) atoms. The third-order valence-corrected chi connectivity index (χ3v) is 4.90. The summed E-state index contributed by atoms with van der Waals surface area (Å²) in [6.45, 7) is 4.65. The number of nitrogens with zero attached hydrogens (tertiary/aromatic N) is 2. The fourth-order valence-electron chi connectivity index (χ4n) is 2.41. The molecule has 1 unspecified atom stereocenters. The lowest BCUT2D eigenvalue weighted by atomic mass is 10.1. The first kappa shape index (κ1) is 17.2. The SMILES string of the molecule is CN=C(NCc1ncc(-c2ccc(C)cc2)o1)NC(C)c1cccs1. The van der Waals surface area contributed by atoms with Crippen molar-refractivity contribution in [3.05, 3.63) is 64.3 Å². The number of nitrogens with one attached hydrogen (secondary N) is 2. The van der Waals surface area contributed by atoms with Crippen LogP contribution in [0.1, 0.15) is 29.3 Å². The van der Waals surface area contributed by atoms with Gasteiger partial charge in [0.2, 0.25) is 5.89 Å². The quantitative estimate of drug-likeness (QED) is 0.534. The van der Waals surface area contributed by atoms with Gasteiger partial charge in [0.1, 0.15) is 0 Å². The van der Waals surface area contributed by atoms with Crippen molar-refractivity contribution in [1.82, 2.24) is 15.6 Å². The Balaban J connectivity index is 1.58. The van der Waals surface area contributed by atoms with Gasteiger partial charge in [-0.3, -0.25) is 4.99 Å². The third-order valence-electron chi connectivity index (χ3n) is 3.84. The number of hydrogen-bond donors (Lipinski definition) is 2. The molecule has 2 N–H and O–H groups in total. The van der Waals surface area contributed by atoms with Crippen LogP contribution in [0.15, 0.2) is 57.4 Å². The van der Waals surface area contributed by atoms with Gasteiger partial charge in [0.05, 0.1) is 18.8 Å². The molecule has 0 aliphatic heterocycles. The number of rotatable bonds is 5. The maximum absolute atomic E-state index is 5.83. The molecular weight excluding hydrogens is 332 g/mol. The monoisotopic (exact) mass is 354 g/mol. The summed E-state index contributed by atoms with van der Waals surface area (Å²) < 4.78 is 5.83. The van der Waals surface area contributed by atoms with E-state index in [9.17, 15) is 0 Å². The first-order valence-electron chi connectivity index (χ1n) is 8.18. The zero-order valence-corrected chi connectivity index (χ0v) is 15.4. The Morgan fingerprint density at radius 1 is 1.28 bits per heavy atom. The Morgan fingerprint density at radius 3 is 2.76 bits per heavy atom. The van der Waals surface area contributed by atoms with Gasteiger partial charge in [-0.05, 0) is 25.3 Å². The topological polar surface area (TPSA) is 62.5 Å². The summed E-state index contributed by atoms with van der Waals surface area (Å²) in [6, 6.07) is 12.6. The molecule has 0 saturated heterocycles. The molecule has 5 nitrogen and oxygen atoms in total. The van der Waals surface area contributed by atoms with Crippen LogP contribution in [-0.4, -0.2) is 18.0 Å². The van der Waals surface area contributed by atoms with Crippen molar-refractivity contribution in [2.75, 3.05) is 7.05 Å². The van der Waals surface area contributed by atoms with Gasteiger partial charge in [0.25, 0.3) is 0 Å². The summed E-state index contributed by atoms with van der Waals surface area (Å²) in [5, 5.41) is 8.68. The fraction of sp³-hybridized carbons (Fsp3) is 0.263. The highest BCUT2D eigenvalue weighted by molar-refractivity contribution is 7.10. The van der Waals surface area contributed by atoms with E-state index in [1.54, 1.807) is 24.6 Å². The molecule has 130 valence electrons. The lowest BCUT2D eigenvalue weighted by Gasteiger charge is -2.16. The molecule has 0 radical (unpaired) electrons. The number of benzene rings is 1. The molecule has 2 heterocycles. The molecule has 0 aliphatic rings. The van der Waals surface area contributed by atoms with Crippen LogP contribution in [0.2, 0.25) is 0 Å². The number of hydrogen-bond acceptors (Lipinski definition) is 4. The van der Waals surface area contributed by atoms with Crippen molar-refractivity contribution in [3.8, 4) is 11.3 Å². The van der Waals surface area contributed by atoms with Crippen LogP contribution in [0, 0.1) is 6.92 Å². The molecule has 6 heteroatoms. The molecule has 2 aromatic heterocycles. The summed E-state index contributed by atoms with van der Waals surface area (Å²) in [4.78, 5) is 9.86. The second kappa shape index (κ2) is 7.98. The number of aryl methyl sites for hydroxylation is 1. The molecule has 0 bridgehead atoms. The Morgan fingerprint density at radius 2 is 2.08 bits per heavy atom. The standard InChI is InChI=1S/C19H22N4OS/c1-13-6-8-15(9-7-13)16-11-21-18(24-16)12-22-19(20-3)23-14(2)17-5-4-10-25-17/h4-11,14H,12H2,1-3H3,(H2,20,22,23). The fourth-order valence-corrected chi connectivity index (χ4v) is 3.15. The van der Waals surface area contributed by atoms with E-state index in [4.69, 9.17) is 4.42 Å². The van der Waals surface area contributed by atoms with E-state index < -0.39 is 0 Å². The van der Waals surface area contributed by atoms with E-state index in [1.807, 2.05) is 18.2 Å². The first-order chi connectivity index (χ1) is 12.2. The van der Waals surface area contributed by atoms with Crippen LogP contribution >= 0.6 is 11.3 Å².